The Hall–Kier alpha value is -1.75. The predicted octanol–water partition coefficient (Wildman–Crippen LogP) is 2.19. The van der Waals surface area contributed by atoms with Crippen LogP contribution < -0.4 is 21.5 Å². The fraction of sp³-hybridized carbons (Fsp3) is 0.542. The number of halogens is 1. The highest BCUT2D eigenvalue weighted by Crippen LogP contribution is 2.29. The number of unbranched alkanes of at least 4 members (excludes halogenated alkanes) is 5. The maximum absolute atomic E-state index is 13.3. The van der Waals surface area contributed by atoms with Gasteiger partial charge in [0.05, 0.1) is 12.6 Å². The van der Waals surface area contributed by atoms with Gasteiger partial charge in [-0.3, -0.25) is 9.59 Å². The summed E-state index contributed by atoms with van der Waals surface area (Å²) in [6.07, 6.45) is 8.16. The van der Waals surface area contributed by atoms with Gasteiger partial charge in [-0.1, -0.05) is 63.8 Å². The van der Waals surface area contributed by atoms with Crippen LogP contribution in [0.2, 0.25) is 0 Å². The summed E-state index contributed by atoms with van der Waals surface area (Å²) in [6.45, 7) is 9.32. The van der Waals surface area contributed by atoms with E-state index >= 15 is 0 Å². The second kappa shape index (κ2) is 10.3. The molecule has 1 atom stereocenters. The van der Waals surface area contributed by atoms with Crippen LogP contribution in [0.1, 0.15) is 110 Å². The molecule has 158 valence electrons. The highest BCUT2D eigenvalue weighted by molar-refractivity contribution is 6.26. The van der Waals surface area contributed by atoms with E-state index in [0.29, 0.717) is 22.5 Å². The van der Waals surface area contributed by atoms with E-state index in [9.17, 15) is 9.59 Å². The van der Waals surface area contributed by atoms with Gasteiger partial charge in [0.25, 0.3) is 5.82 Å². The number of hydrogen-bond donors (Lipinski definition) is 0. The lowest BCUT2D eigenvalue weighted by Gasteiger charge is -2.14. The van der Waals surface area contributed by atoms with Gasteiger partial charge >= 0.3 is 0 Å². The molecule has 0 radical (unpaired) electrons. The van der Waals surface area contributed by atoms with Crippen molar-refractivity contribution in [1.82, 2.24) is 4.57 Å². The van der Waals surface area contributed by atoms with E-state index < -0.39 is 0 Å². The standard InChI is InChI=1S/C24H33N2O2.BrH/c1-5-7-8-9-10-13-16-25-18(4)26(17(3)6-2)22-21(25)23(27)19-14-11-12-15-20(19)24(22)28;/h11-12,14-15,17H,5-10,13,16H2,1-4H3;1H/q+1;/p-1. The molecule has 1 aromatic heterocycles. The Bertz CT molecular complexity index is 885. The molecule has 1 unspecified atom stereocenters. The summed E-state index contributed by atoms with van der Waals surface area (Å²) >= 11 is 0. The molecule has 1 heterocycles. The highest BCUT2D eigenvalue weighted by Gasteiger charge is 2.43. The Morgan fingerprint density at radius 1 is 0.931 bits per heavy atom. The SMILES string of the molecule is CCCCCCCC[n+]1c2c(n(C(C)CC)c1C)C(=O)c1ccccc1C2=O.[Br-]. The van der Waals surface area contributed by atoms with Crippen LogP contribution in [0.25, 0.3) is 0 Å². The van der Waals surface area contributed by atoms with Gasteiger partial charge in [0.15, 0.2) is 0 Å². The van der Waals surface area contributed by atoms with Crippen LogP contribution in [0.4, 0.5) is 0 Å². The minimum atomic E-state index is -0.0182. The molecule has 0 saturated heterocycles. The fourth-order valence-electron chi connectivity index (χ4n) is 4.32. The molecule has 0 amide bonds. The zero-order valence-corrected chi connectivity index (χ0v) is 19.7. The third kappa shape index (κ3) is 4.40. The molecule has 2 aromatic rings. The minimum Gasteiger partial charge on any atom is -1.00 e. The normalized spacial score (nSPS) is 13.7. The van der Waals surface area contributed by atoms with E-state index in [4.69, 9.17) is 0 Å². The van der Waals surface area contributed by atoms with Crippen LogP contribution in [-0.2, 0) is 6.54 Å². The van der Waals surface area contributed by atoms with E-state index in [1.165, 1.54) is 25.7 Å². The van der Waals surface area contributed by atoms with Gasteiger partial charge in [0.1, 0.15) is 0 Å². The van der Waals surface area contributed by atoms with Crippen LogP contribution in [-0.4, -0.2) is 16.1 Å². The maximum Gasteiger partial charge on any atom is 0.254 e. The fourth-order valence-corrected chi connectivity index (χ4v) is 4.32. The van der Waals surface area contributed by atoms with Crippen LogP contribution in [0.5, 0.6) is 0 Å². The lowest BCUT2D eigenvalue weighted by Crippen LogP contribution is -3.00. The molecule has 29 heavy (non-hydrogen) atoms. The molecule has 5 heteroatoms. The Labute approximate surface area is 185 Å². The number of carbonyl (C=O) groups excluding carboxylic acids is 2. The van der Waals surface area contributed by atoms with E-state index in [0.717, 1.165) is 31.6 Å². The monoisotopic (exact) mass is 460 g/mol. The molecular weight excluding hydrogens is 428 g/mol. The van der Waals surface area contributed by atoms with Gasteiger partial charge in [0.2, 0.25) is 23.0 Å². The summed E-state index contributed by atoms with van der Waals surface area (Å²) in [4.78, 5) is 26.7. The quantitative estimate of drug-likeness (QED) is 0.362. The zero-order valence-electron chi connectivity index (χ0n) is 18.1. The van der Waals surface area contributed by atoms with Crippen molar-refractivity contribution in [2.24, 2.45) is 0 Å². The predicted molar refractivity (Wildman–Crippen MR) is 111 cm³/mol. The van der Waals surface area contributed by atoms with Gasteiger partial charge in [0, 0.05) is 18.1 Å². The number of carbonyl (C=O) groups is 2. The molecule has 0 aliphatic heterocycles. The summed E-state index contributed by atoms with van der Waals surface area (Å²) < 4.78 is 4.21. The maximum atomic E-state index is 13.3. The summed E-state index contributed by atoms with van der Waals surface area (Å²) in [6, 6.07) is 7.42. The lowest BCUT2D eigenvalue weighted by molar-refractivity contribution is -0.704. The molecule has 1 aromatic carbocycles. The Kier molecular flexibility index (Phi) is 8.38. The molecule has 1 aliphatic rings. The Balaban J connectivity index is 0.00000300. The number of ketones is 2. The van der Waals surface area contributed by atoms with Crippen LogP contribution in [0.15, 0.2) is 24.3 Å². The van der Waals surface area contributed by atoms with Crippen LogP contribution >= 0.6 is 0 Å². The van der Waals surface area contributed by atoms with Gasteiger partial charge in [-0.2, -0.15) is 0 Å². The first kappa shape index (κ1) is 23.5. The number of benzene rings is 1. The smallest absolute Gasteiger partial charge is 0.254 e. The van der Waals surface area contributed by atoms with Gasteiger partial charge < -0.3 is 17.0 Å². The number of aromatic nitrogens is 2. The second-order valence-electron chi connectivity index (χ2n) is 7.99. The van der Waals surface area contributed by atoms with Crippen molar-refractivity contribution in [3.8, 4) is 0 Å². The first-order valence-electron chi connectivity index (χ1n) is 10.9. The summed E-state index contributed by atoms with van der Waals surface area (Å²) in [5.41, 5.74) is 2.25. The molecule has 0 N–H and O–H groups in total. The number of hydrogen-bond acceptors (Lipinski definition) is 2. The molecular formula is C24H33BrN2O2. The first-order chi connectivity index (χ1) is 13.5. The number of nitrogens with zero attached hydrogens (tertiary/aromatic N) is 2. The molecule has 3 rings (SSSR count). The number of rotatable bonds is 9. The third-order valence-corrected chi connectivity index (χ3v) is 6.09. The van der Waals surface area contributed by atoms with Crippen LogP contribution in [0.3, 0.4) is 0 Å². The van der Waals surface area contributed by atoms with E-state index in [1.54, 1.807) is 12.1 Å². The van der Waals surface area contributed by atoms with Gasteiger partial charge in [-0.25, -0.2) is 9.13 Å². The summed E-state index contributed by atoms with van der Waals surface area (Å²) in [5, 5.41) is 0. The van der Waals surface area contributed by atoms with E-state index in [-0.39, 0.29) is 34.6 Å². The second-order valence-corrected chi connectivity index (χ2v) is 7.99. The van der Waals surface area contributed by atoms with Crippen molar-refractivity contribution in [2.75, 3.05) is 0 Å². The molecule has 4 nitrogen and oxygen atoms in total. The van der Waals surface area contributed by atoms with Crippen molar-refractivity contribution in [3.63, 3.8) is 0 Å². The zero-order chi connectivity index (χ0) is 20.3. The number of imidazole rings is 1. The molecule has 0 spiro atoms. The lowest BCUT2D eigenvalue weighted by atomic mass is 9.89. The van der Waals surface area contributed by atoms with E-state index in [2.05, 4.69) is 29.9 Å². The van der Waals surface area contributed by atoms with Gasteiger partial charge in [-0.05, 0) is 26.2 Å². The topological polar surface area (TPSA) is 43.0 Å². The van der Waals surface area contributed by atoms with Crippen molar-refractivity contribution in [2.45, 2.75) is 85.2 Å². The highest BCUT2D eigenvalue weighted by atomic mass is 79.9. The summed E-state index contributed by atoms with van der Waals surface area (Å²) in [5.74, 6) is 0.985. The Morgan fingerprint density at radius 3 is 2.14 bits per heavy atom. The van der Waals surface area contributed by atoms with Crippen molar-refractivity contribution in [3.05, 3.63) is 52.6 Å². The molecule has 0 fully saturated rings. The summed E-state index contributed by atoms with van der Waals surface area (Å²) in [7, 11) is 0. The van der Waals surface area contributed by atoms with Crippen LogP contribution in [0, 0.1) is 6.92 Å². The molecule has 0 bridgehead atoms. The minimum absolute atomic E-state index is 0. The number of fused-ring (bicyclic) bond motifs is 2. The van der Waals surface area contributed by atoms with Gasteiger partial charge in [-0.15, -0.1) is 0 Å². The van der Waals surface area contributed by atoms with Crippen molar-refractivity contribution >= 4 is 11.6 Å². The Morgan fingerprint density at radius 2 is 1.52 bits per heavy atom. The first-order valence-corrected chi connectivity index (χ1v) is 10.9. The molecule has 0 saturated carbocycles. The van der Waals surface area contributed by atoms with Crippen molar-refractivity contribution in [1.29, 1.82) is 0 Å². The largest absolute Gasteiger partial charge is 1.00 e. The van der Waals surface area contributed by atoms with E-state index in [1.807, 2.05) is 19.1 Å². The average molecular weight is 461 g/mol. The average Bonchev–Trinajstić information content (AvgIpc) is 3.01. The molecule has 1 aliphatic carbocycles. The van der Waals surface area contributed by atoms with Crippen molar-refractivity contribution < 1.29 is 31.1 Å². The third-order valence-electron chi connectivity index (χ3n) is 6.09.